The van der Waals surface area contributed by atoms with Crippen LogP contribution in [0.3, 0.4) is 0 Å². The fourth-order valence-corrected chi connectivity index (χ4v) is 3.95. The largest absolute Gasteiger partial charge is 0.452 e. The van der Waals surface area contributed by atoms with Crippen LogP contribution in [-0.4, -0.2) is 28.4 Å². The van der Waals surface area contributed by atoms with E-state index in [1.54, 1.807) is 19.1 Å². The minimum atomic E-state index is -0.641. The highest BCUT2D eigenvalue weighted by Crippen LogP contribution is 2.30. The van der Waals surface area contributed by atoms with Crippen molar-refractivity contribution >= 4 is 34.2 Å². The number of aromatic nitrogens is 1. The highest BCUT2D eigenvalue weighted by Gasteiger charge is 2.24. The Balaban J connectivity index is 1.56. The van der Waals surface area contributed by atoms with Crippen molar-refractivity contribution in [3.63, 3.8) is 0 Å². The lowest BCUT2D eigenvalue weighted by atomic mass is 9.90. The number of ether oxygens (including phenoxy) is 1. The molecule has 0 atom stereocenters. The van der Waals surface area contributed by atoms with Gasteiger partial charge in [-0.05, 0) is 49.8 Å². The van der Waals surface area contributed by atoms with Gasteiger partial charge in [0.05, 0.1) is 16.0 Å². The number of hydrogen-bond acceptors (Lipinski definition) is 6. The number of fused-ring (bicyclic) bond motifs is 2. The zero-order valence-electron chi connectivity index (χ0n) is 17.0. The van der Waals surface area contributed by atoms with E-state index in [-0.39, 0.29) is 11.4 Å². The van der Waals surface area contributed by atoms with Gasteiger partial charge in [-0.1, -0.05) is 30.3 Å². The Hall–Kier alpha value is -3.81. The number of hydrogen-bond donors (Lipinski definition) is 1. The van der Waals surface area contributed by atoms with Crippen LogP contribution in [0.5, 0.6) is 0 Å². The Kier molecular flexibility index (Phi) is 5.62. The summed E-state index contributed by atoms with van der Waals surface area (Å²) in [5, 5.41) is 14.4. The molecule has 0 spiro atoms. The van der Waals surface area contributed by atoms with Crippen LogP contribution < -0.4 is 5.32 Å². The Morgan fingerprint density at radius 1 is 1.13 bits per heavy atom. The average Bonchev–Trinajstić information content (AvgIpc) is 2.77. The zero-order chi connectivity index (χ0) is 22.0. The van der Waals surface area contributed by atoms with Crippen LogP contribution >= 0.6 is 0 Å². The molecule has 8 heteroatoms. The molecule has 1 aromatic heterocycles. The molecule has 0 saturated carbocycles. The number of nitrogens with zero attached hydrogens (tertiary/aromatic N) is 2. The summed E-state index contributed by atoms with van der Waals surface area (Å²) < 4.78 is 5.33. The van der Waals surface area contributed by atoms with Crippen LogP contribution in [0.2, 0.25) is 0 Å². The lowest BCUT2D eigenvalue weighted by molar-refractivity contribution is -0.384. The summed E-state index contributed by atoms with van der Waals surface area (Å²) in [7, 11) is 0. The Bertz CT molecular complexity index is 1210. The smallest absolute Gasteiger partial charge is 0.339 e. The number of esters is 1. The average molecular weight is 419 g/mol. The molecular weight excluding hydrogens is 398 g/mol. The van der Waals surface area contributed by atoms with Gasteiger partial charge in [0.1, 0.15) is 5.69 Å². The molecule has 1 aliphatic rings. The van der Waals surface area contributed by atoms with Gasteiger partial charge in [-0.2, -0.15) is 0 Å². The van der Waals surface area contributed by atoms with Crippen molar-refractivity contribution in [2.75, 3.05) is 11.9 Å². The van der Waals surface area contributed by atoms with Crippen molar-refractivity contribution in [2.24, 2.45) is 0 Å². The Labute approximate surface area is 178 Å². The van der Waals surface area contributed by atoms with Crippen molar-refractivity contribution in [1.82, 2.24) is 4.98 Å². The summed E-state index contributed by atoms with van der Waals surface area (Å²) in [6.07, 6.45) is 3.52. The predicted molar refractivity (Wildman–Crippen MR) is 115 cm³/mol. The van der Waals surface area contributed by atoms with Crippen LogP contribution in [0.15, 0.2) is 42.5 Å². The third-order valence-electron chi connectivity index (χ3n) is 5.42. The summed E-state index contributed by atoms with van der Waals surface area (Å²) in [5.41, 5.74) is 3.38. The molecule has 1 heterocycles. The van der Waals surface area contributed by atoms with E-state index in [0.29, 0.717) is 16.5 Å². The first-order valence-electron chi connectivity index (χ1n) is 10.1. The second-order valence-corrected chi connectivity index (χ2v) is 7.49. The van der Waals surface area contributed by atoms with Gasteiger partial charge < -0.3 is 10.1 Å². The number of aryl methyl sites for hydroxylation is 2. The van der Waals surface area contributed by atoms with Crippen LogP contribution in [0.1, 0.15) is 40.0 Å². The van der Waals surface area contributed by atoms with E-state index < -0.39 is 23.4 Å². The van der Waals surface area contributed by atoms with Gasteiger partial charge in [0.25, 0.3) is 11.6 Å². The van der Waals surface area contributed by atoms with Crippen molar-refractivity contribution < 1.29 is 19.2 Å². The van der Waals surface area contributed by atoms with E-state index >= 15 is 0 Å². The number of para-hydroxylation sites is 2. The topological polar surface area (TPSA) is 111 Å². The molecule has 0 bridgehead atoms. The number of amides is 1. The van der Waals surface area contributed by atoms with Gasteiger partial charge in [0.15, 0.2) is 6.61 Å². The molecular formula is C23H21N3O5. The molecule has 0 aliphatic heterocycles. The maximum Gasteiger partial charge on any atom is 0.339 e. The van der Waals surface area contributed by atoms with Crippen molar-refractivity contribution in [1.29, 1.82) is 0 Å². The van der Waals surface area contributed by atoms with Crippen molar-refractivity contribution in [2.45, 2.75) is 32.6 Å². The van der Waals surface area contributed by atoms with Gasteiger partial charge in [0.2, 0.25) is 0 Å². The van der Waals surface area contributed by atoms with Gasteiger partial charge in [0, 0.05) is 17.1 Å². The van der Waals surface area contributed by atoms with Gasteiger partial charge in [-0.15, -0.1) is 0 Å². The number of nitro benzene ring substituents is 1. The number of pyridine rings is 1. The van der Waals surface area contributed by atoms with E-state index in [1.807, 2.05) is 24.3 Å². The molecule has 0 saturated heterocycles. The summed E-state index contributed by atoms with van der Waals surface area (Å²) in [5.74, 6) is -1.23. The quantitative estimate of drug-likeness (QED) is 0.378. The van der Waals surface area contributed by atoms with Crippen LogP contribution in [0.25, 0.3) is 10.9 Å². The molecule has 1 aliphatic carbocycles. The van der Waals surface area contributed by atoms with E-state index in [2.05, 4.69) is 5.32 Å². The molecule has 4 rings (SSSR count). The number of anilines is 1. The highest BCUT2D eigenvalue weighted by atomic mass is 16.6. The first-order chi connectivity index (χ1) is 15.0. The fourth-order valence-electron chi connectivity index (χ4n) is 3.95. The van der Waals surface area contributed by atoms with E-state index in [9.17, 15) is 19.7 Å². The molecule has 3 aromatic rings. The molecule has 0 unspecified atom stereocenters. The lowest BCUT2D eigenvalue weighted by Crippen LogP contribution is -2.23. The standard InChI is InChI=1S/C23H21N3O5/c1-14-7-6-12-19(26(29)30)22(14)25-20(27)13-31-23(28)21-15-8-2-4-10-17(15)24-18-11-5-3-9-16(18)21/h2,4,6-8,10,12H,3,5,9,11,13H2,1H3,(H,25,27). The molecule has 1 amide bonds. The van der Waals surface area contributed by atoms with Crippen LogP contribution in [0.4, 0.5) is 11.4 Å². The summed E-state index contributed by atoms with van der Waals surface area (Å²) in [4.78, 5) is 40.8. The van der Waals surface area contributed by atoms with E-state index in [0.717, 1.165) is 42.5 Å². The number of carbonyl (C=O) groups is 2. The molecule has 158 valence electrons. The molecule has 0 radical (unpaired) electrons. The molecule has 2 aromatic carbocycles. The Morgan fingerprint density at radius 3 is 2.71 bits per heavy atom. The summed E-state index contributed by atoms with van der Waals surface area (Å²) in [6, 6.07) is 11.9. The van der Waals surface area contributed by atoms with Crippen molar-refractivity contribution in [3.8, 4) is 0 Å². The number of carbonyl (C=O) groups excluding carboxylic acids is 2. The summed E-state index contributed by atoms with van der Waals surface area (Å²) in [6.45, 7) is 1.11. The van der Waals surface area contributed by atoms with E-state index in [4.69, 9.17) is 9.72 Å². The van der Waals surface area contributed by atoms with Crippen LogP contribution in [0, 0.1) is 17.0 Å². The first kappa shape index (κ1) is 20.5. The maximum atomic E-state index is 13.0. The number of rotatable bonds is 5. The zero-order valence-corrected chi connectivity index (χ0v) is 17.0. The van der Waals surface area contributed by atoms with Gasteiger partial charge in [-0.3, -0.25) is 19.9 Å². The molecule has 8 nitrogen and oxygen atoms in total. The third kappa shape index (κ3) is 4.09. The number of nitrogens with one attached hydrogen (secondary N) is 1. The predicted octanol–water partition coefficient (Wildman–Crippen LogP) is 4.13. The molecule has 31 heavy (non-hydrogen) atoms. The number of nitro groups is 1. The number of benzene rings is 2. The Morgan fingerprint density at radius 2 is 1.90 bits per heavy atom. The van der Waals surface area contributed by atoms with E-state index in [1.165, 1.54) is 6.07 Å². The van der Waals surface area contributed by atoms with Crippen LogP contribution in [-0.2, 0) is 22.4 Å². The molecule has 1 N–H and O–H groups in total. The summed E-state index contributed by atoms with van der Waals surface area (Å²) >= 11 is 0. The lowest BCUT2D eigenvalue weighted by Gasteiger charge is -2.20. The van der Waals surface area contributed by atoms with Crippen molar-refractivity contribution in [3.05, 3.63) is 75.0 Å². The van der Waals surface area contributed by atoms with Gasteiger partial charge >= 0.3 is 5.97 Å². The minimum Gasteiger partial charge on any atom is -0.452 e. The third-order valence-corrected chi connectivity index (χ3v) is 5.42. The minimum absolute atomic E-state index is 0.0975. The monoisotopic (exact) mass is 419 g/mol. The maximum absolute atomic E-state index is 13.0. The van der Waals surface area contributed by atoms with Gasteiger partial charge in [-0.25, -0.2) is 4.79 Å². The fraction of sp³-hybridized carbons (Fsp3) is 0.261. The highest BCUT2D eigenvalue weighted by molar-refractivity contribution is 6.06. The second kappa shape index (κ2) is 8.51. The second-order valence-electron chi connectivity index (χ2n) is 7.49. The normalized spacial score (nSPS) is 12.8. The SMILES string of the molecule is Cc1cccc([N+](=O)[O-])c1NC(=O)COC(=O)c1c2c(nc3ccccc13)CCCC2. The molecule has 0 fully saturated rings. The first-order valence-corrected chi connectivity index (χ1v) is 10.1.